The van der Waals surface area contributed by atoms with Gasteiger partial charge in [-0.3, -0.25) is 0 Å². The van der Waals surface area contributed by atoms with Gasteiger partial charge in [-0.15, -0.1) is 0 Å². The zero-order valence-electron chi connectivity index (χ0n) is 12.4. The topological polar surface area (TPSA) is 60.0 Å². The minimum Gasteiger partial charge on any atom is -0.493 e. The molecule has 0 aromatic heterocycles. The van der Waals surface area contributed by atoms with Crippen LogP contribution < -0.4 is 19.5 Å². The molecular weight excluding hydrogens is 258 g/mol. The zero-order valence-corrected chi connectivity index (χ0v) is 12.4. The Labute approximate surface area is 119 Å². The molecule has 0 unspecified atom stereocenters. The van der Waals surface area contributed by atoms with Gasteiger partial charge in [0.15, 0.2) is 11.5 Å². The second kappa shape index (κ2) is 6.33. The molecule has 112 valence electrons. The molecule has 0 bridgehead atoms. The molecule has 0 atom stereocenters. The summed E-state index contributed by atoms with van der Waals surface area (Å²) in [6, 6.07) is 3.83. The van der Waals surface area contributed by atoms with Gasteiger partial charge in [0.2, 0.25) is 5.75 Å². The van der Waals surface area contributed by atoms with E-state index in [-0.39, 0.29) is 0 Å². The fourth-order valence-electron chi connectivity index (χ4n) is 2.44. The minimum atomic E-state index is -0.513. The second-order valence-corrected chi connectivity index (χ2v) is 5.22. The van der Waals surface area contributed by atoms with Crippen LogP contribution in [0.25, 0.3) is 0 Å². The Morgan fingerprint density at radius 2 is 1.70 bits per heavy atom. The van der Waals surface area contributed by atoms with E-state index in [0.29, 0.717) is 30.3 Å². The van der Waals surface area contributed by atoms with Crippen LogP contribution in [0, 0.1) is 0 Å². The van der Waals surface area contributed by atoms with Gasteiger partial charge in [0, 0.05) is 13.1 Å². The van der Waals surface area contributed by atoms with Crippen LogP contribution in [0.2, 0.25) is 0 Å². The molecular formula is C15H23NO4. The third kappa shape index (κ3) is 3.16. The van der Waals surface area contributed by atoms with E-state index in [2.05, 4.69) is 5.32 Å². The predicted octanol–water partition coefficient (Wildman–Crippen LogP) is 1.72. The Hall–Kier alpha value is -1.46. The number of benzene rings is 1. The average molecular weight is 281 g/mol. The van der Waals surface area contributed by atoms with Crippen molar-refractivity contribution in [3.63, 3.8) is 0 Å². The van der Waals surface area contributed by atoms with Gasteiger partial charge in [-0.2, -0.15) is 0 Å². The van der Waals surface area contributed by atoms with E-state index in [9.17, 15) is 5.11 Å². The average Bonchev–Trinajstić information content (AvgIpc) is 2.44. The molecule has 5 heteroatoms. The smallest absolute Gasteiger partial charge is 0.203 e. The molecule has 0 radical (unpaired) electrons. The van der Waals surface area contributed by atoms with Crippen LogP contribution >= 0.6 is 0 Å². The number of rotatable bonds is 7. The Balaban J connectivity index is 2.03. The first-order valence-corrected chi connectivity index (χ1v) is 6.84. The van der Waals surface area contributed by atoms with Gasteiger partial charge in [0.1, 0.15) is 0 Å². The lowest BCUT2D eigenvalue weighted by atomic mass is 9.80. The van der Waals surface area contributed by atoms with E-state index in [1.54, 1.807) is 21.3 Å². The van der Waals surface area contributed by atoms with E-state index < -0.39 is 5.60 Å². The van der Waals surface area contributed by atoms with Crippen molar-refractivity contribution in [2.24, 2.45) is 0 Å². The Kier molecular flexibility index (Phi) is 4.73. The van der Waals surface area contributed by atoms with Crippen molar-refractivity contribution < 1.29 is 19.3 Å². The maximum atomic E-state index is 10.0. The normalized spacial score (nSPS) is 16.4. The summed E-state index contributed by atoms with van der Waals surface area (Å²) in [6.45, 7) is 1.27. The molecule has 2 rings (SSSR count). The zero-order chi connectivity index (χ0) is 14.6. The second-order valence-electron chi connectivity index (χ2n) is 5.22. The molecule has 1 aliphatic rings. The van der Waals surface area contributed by atoms with Crippen LogP contribution in [0.3, 0.4) is 0 Å². The number of hydrogen-bond donors (Lipinski definition) is 2. The van der Waals surface area contributed by atoms with Crippen molar-refractivity contribution in [2.75, 3.05) is 27.9 Å². The molecule has 1 aliphatic carbocycles. The van der Waals surface area contributed by atoms with Crippen LogP contribution in [-0.2, 0) is 6.54 Å². The summed E-state index contributed by atoms with van der Waals surface area (Å²) in [5.41, 5.74) is 0.517. The molecule has 0 saturated heterocycles. The fourth-order valence-corrected chi connectivity index (χ4v) is 2.44. The van der Waals surface area contributed by atoms with Crippen LogP contribution in [0.15, 0.2) is 12.1 Å². The van der Waals surface area contributed by atoms with Crippen LogP contribution in [0.4, 0.5) is 0 Å². The summed E-state index contributed by atoms with van der Waals surface area (Å²) < 4.78 is 15.9. The summed E-state index contributed by atoms with van der Waals surface area (Å²) in [7, 11) is 4.79. The molecule has 0 amide bonds. The van der Waals surface area contributed by atoms with Crippen molar-refractivity contribution in [1.29, 1.82) is 0 Å². The fraction of sp³-hybridized carbons (Fsp3) is 0.600. The maximum Gasteiger partial charge on any atom is 0.203 e. The van der Waals surface area contributed by atoms with Crippen LogP contribution in [0.5, 0.6) is 17.2 Å². The third-order valence-corrected chi connectivity index (χ3v) is 3.79. The Morgan fingerprint density at radius 1 is 1.10 bits per heavy atom. The van der Waals surface area contributed by atoms with Crippen molar-refractivity contribution in [2.45, 2.75) is 31.4 Å². The van der Waals surface area contributed by atoms with Crippen molar-refractivity contribution >= 4 is 0 Å². The van der Waals surface area contributed by atoms with E-state index in [0.717, 1.165) is 24.8 Å². The molecule has 1 aromatic rings. The molecule has 20 heavy (non-hydrogen) atoms. The van der Waals surface area contributed by atoms with Gasteiger partial charge in [-0.25, -0.2) is 0 Å². The number of nitrogens with one attached hydrogen (secondary N) is 1. The van der Waals surface area contributed by atoms with Crippen LogP contribution in [0.1, 0.15) is 24.8 Å². The van der Waals surface area contributed by atoms with Gasteiger partial charge in [0.05, 0.1) is 26.9 Å². The molecule has 2 N–H and O–H groups in total. The van der Waals surface area contributed by atoms with Crippen molar-refractivity contribution in [3.8, 4) is 17.2 Å². The molecule has 1 fully saturated rings. The Bertz CT molecular complexity index is 432. The van der Waals surface area contributed by atoms with Gasteiger partial charge in [-0.05, 0) is 37.0 Å². The molecule has 0 heterocycles. The lowest BCUT2D eigenvalue weighted by Gasteiger charge is -2.36. The lowest BCUT2D eigenvalue weighted by Crippen LogP contribution is -2.45. The van der Waals surface area contributed by atoms with Gasteiger partial charge in [0.25, 0.3) is 0 Å². The molecule has 1 aromatic carbocycles. The van der Waals surface area contributed by atoms with Crippen LogP contribution in [-0.4, -0.2) is 38.6 Å². The van der Waals surface area contributed by atoms with Crippen molar-refractivity contribution in [1.82, 2.24) is 5.32 Å². The molecule has 0 aliphatic heterocycles. The monoisotopic (exact) mass is 281 g/mol. The quantitative estimate of drug-likeness (QED) is 0.797. The predicted molar refractivity (Wildman–Crippen MR) is 76.6 cm³/mol. The van der Waals surface area contributed by atoms with E-state index in [1.807, 2.05) is 12.1 Å². The lowest BCUT2D eigenvalue weighted by molar-refractivity contribution is -0.0314. The first-order valence-electron chi connectivity index (χ1n) is 6.84. The maximum absolute atomic E-state index is 10.0. The highest BCUT2D eigenvalue weighted by Gasteiger charge is 2.33. The number of methoxy groups -OCH3 is 3. The SMILES string of the molecule is COc1cc(CNCC2(O)CCC2)cc(OC)c1OC. The summed E-state index contributed by atoms with van der Waals surface area (Å²) in [4.78, 5) is 0. The number of aliphatic hydroxyl groups is 1. The highest BCUT2D eigenvalue weighted by Crippen LogP contribution is 2.38. The first-order chi connectivity index (χ1) is 9.61. The molecule has 5 nitrogen and oxygen atoms in total. The highest BCUT2D eigenvalue weighted by molar-refractivity contribution is 5.53. The highest BCUT2D eigenvalue weighted by atomic mass is 16.5. The van der Waals surface area contributed by atoms with E-state index in [4.69, 9.17) is 14.2 Å². The Morgan fingerprint density at radius 3 is 2.10 bits per heavy atom. The van der Waals surface area contributed by atoms with Gasteiger partial charge >= 0.3 is 0 Å². The largest absolute Gasteiger partial charge is 0.493 e. The summed E-state index contributed by atoms with van der Waals surface area (Å²) >= 11 is 0. The number of hydrogen-bond acceptors (Lipinski definition) is 5. The third-order valence-electron chi connectivity index (χ3n) is 3.79. The minimum absolute atomic E-state index is 0.513. The molecule has 0 spiro atoms. The number of ether oxygens (including phenoxy) is 3. The summed E-state index contributed by atoms with van der Waals surface area (Å²) in [6.07, 6.45) is 2.88. The van der Waals surface area contributed by atoms with Crippen molar-refractivity contribution in [3.05, 3.63) is 17.7 Å². The standard InChI is InChI=1S/C15H23NO4/c1-18-12-7-11(8-13(19-2)14(12)20-3)9-16-10-15(17)5-4-6-15/h7-8,16-17H,4-6,9-10H2,1-3H3. The molecule has 1 saturated carbocycles. The van der Waals surface area contributed by atoms with E-state index >= 15 is 0 Å². The van der Waals surface area contributed by atoms with E-state index in [1.165, 1.54) is 0 Å². The van der Waals surface area contributed by atoms with Gasteiger partial charge in [-0.1, -0.05) is 0 Å². The summed E-state index contributed by atoms with van der Waals surface area (Å²) in [5, 5.41) is 13.3. The first kappa shape index (κ1) is 14.9. The summed E-state index contributed by atoms with van der Waals surface area (Å²) in [5.74, 6) is 1.88. The van der Waals surface area contributed by atoms with Gasteiger partial charge < -0.3 is 24.6 Å².